The quantitative estimate of drug-likeness (QED) is 0.897. The van der Waals surface area contributed by atoms with Crippen molar-refractivity contribution >= 4 is 11.6 Å². The third-order valence-electron chi connectivity index (χ3n) is 3.75. The van der Waals surface area contributed by atoms with Gasteiger partial charge in [-0.25, -0.2) is 0 Å². The summed E-state index contributed by atoms with van der Waals surface area (Å²) in [6, 6.07) is 17.9. The lowest BCUT2D eigenvalue weighted by atomic mass is 10.1. The molecule has 2 aromatic carbocycles. The number of fused-ring (bicyclic) bond motifs is 1. The number of carbonyl (C=O) groups is 1. The second kappa shape index (κ2) is 5.37. The number of amides is 1. The van der Waals surface area contributed by atoms with Crippen LogP contribution in [0.4, 0.5) is 5.69 Å². The van der Waals surface area contributed by atoms with E-state index in [2.05, 4.69) is 16.7 Å². The van der Waals surface area contributed by atoms with Gasteiger partial charge < -0.3 is 10.6 Å². The molecule has 3 heteroatoms. The van der Waals surface area contributed by atoms with Crippen LogP contribution in [0, 0.1) is 0 Å². The van der Waals surface area contributed by atoms with Crippen LogP contribution in [0.1, 0.15) is 24.1 Å². The van der Waals surface area contributed by atoms with E-state index in [1.54, 1.807) is 0 Å². The highest BCUT2D eigenvalue weighted by Gasteiger charge is 2.27. The maximum absolute atomic E-state index is 12.3. The first-order chi connectivity index (χ1) is 9.74. The predicted molar refractivity (Wildman–Crippen MR) is 80.6 cm³/mol. The molecule has 2 N–H and O–H groups in total. The molecule has 0 aromatic heterocycles. The smallest absolute Gasteiger partial charge is 0.243 e. The van der Waals surface area contributed by atoms with E-state index in [-0.39, 0.29) is 18.0 Å². The van der Waals surface area contributed by atoms with E-state index in [0.29, 0.717) is 0 Å². The van der Waals surface area contributed by atoms with Crippen molar-refractivity contribution in [1.29, 1.82) is 0 Å². The standard InChI is InChI=1S/C17H18N2O/c1-12(13-7-3-2-4-8-13)18-17(20)16-11-14-9-5-6-10-15(14)19-16/h2-10,12,16,19H,11H2,1H3,(H,18,20)/t12?,16-/m0/s1. The van der Waals surface area contributed by atoms with Crippen LogP contribution in [0.5, 0.6) is 0 Å². The van der Waals surface area contributed by atoms with Gasteiger partial charge >= 0.3 is 0 Å². The molecule has 0 spiro atoms. The number of carbonyl (C=O) groups excluding carboxylic acids is 1. The average molecular weight is 266 g/mol. The van der Waals surface area contributed by atoms with Gasteiger partial charge in [-0.3, -0.25) is 4.79 Å². The van der Waals surface area contributed by atoms with E-state index in [1.165, 1.54) is 5.56 Å². The minimum Gasteiger partial charge on any atom is -0.373 e. The van der Waals surface area contributed by atoms with Crippen molar-refractivity contribution in [1.82, 2.24) is 5.32 Å². The fraction of sp³-hybridized carbons (Fsp3) is 0.235. The molecular formula is C17H18N2O. The van der Waals surface area contributed by atoms with Crippen LogP contribution in [0.3, 0.4) is 0 Å². The number of nitrogens with one attached hydrogen (secondary N) is 2. The van der Waals surface area contributed by atoms with Crippen LogP contribution in [0.25, 0.3) is 0 Å². The van der Waals surface area contributed by atoms with Crippen LogP contribution in [0.2, 0.25) is 0 Å². The van der Waals surface area contributed by atoms with Gasteiger partial charge in [0.25, 0.3) is 0 Å². The van der Waals surface area contributed by atoms with E-state index < -0.39 is 0 Å². The Bertz CT molecular complexity index is 584. The minimum atomic E-state index is -0.168. The van der Waals surface area contributed by atoms with Gasteiger partial charge in [-0.1, -0.05) is 48.5 Å². The Morgan fingerprint density at radius 3 is 2.60 bits per heavy atom. The van der Waals surface area contributed by atoms with Gasteiger partial charge in [-0.15, -0.1) is 0 Å². The zero-order chi connectivity index (χ0) is 13.9. The summed E-state index contributed by atoms with van der Waals surface area (Å²) in [5, 5.41) is 6.35. The molecule has 0 radical (unpaired) electrons. The lowest BCUT2D eigenvalue weighted by molar-refractivity contribution is -0.122. The summed E-state index contributed by atoms with van der Waals surface area (Å²) < 4.78 is 0. The third kappa shape index (κ3) is 2.52. The highest BCUT2D eigenvalue weighted by atomic mass is 16.2. The number of hydrogen-bond acceptors (Lipinski definition) is 2. The van der Waals surface area contributed by atoms with Crippen LogP contribution in [0.15, 0.2) is 54.6 Å². The van der Waals surface area contributed by atoms with Gasteiger partial charge in [0.1, 0.15) is 6.04 Å². The molecule has 0 saturated heterocycles. The lowest BCUT2D eigenvalue weighted by Crippen LogP contribution is -2.39. The van der Waals surface area contributed by atoms with Crippen molar-refractivity contribution in [2.24, 2.45) is 0 Å². The number of anilines is 1. The molecule has 0 bridgehead atoms. The molecule has 1 aliphatic heterocycles. The first-order valence-electron chi connectivity index (χ1n) is 6.94. The van der Waals surface area contributed by atoms with E-state index in [9.17, 15) is 4.79 Å². The van der Waals surface area contributed by atoms with Crippen LogP contribution in [-0.2, 0) is 11.2 Å². The number of para-hydroxylation sites is 1. The largest absolute Gasteiger partial charge is 0.373 e. The Balaban J connectivity index is 1.64. The molecular weight excluding hydrogens is 248 g/mol. The molecule has 102 valence electrons. The highest BCUT2D eigenvalue weighted by molar-refractivity contribution is 5.87. The van der Waals surface area contributed by atoms with Gasteiger partial charge in [-0.05, 0) is 24.1 Å². The predicted octanol–water partition coefficient (Wildman–Crippen LogP) is 2.90. The maximum atomic E-state index is 12.3. The summed E-state index contributed by atoms with van der Waals surface area (Å²) in [5.74, 6) is 0.0533. The Morgan fingerprint density at radius 2 is 1.85 bits per heavy atom. The van der Waals surface area contributed by atoms with Crippen molar-refractivity contribution < 1.29 is 4.79 Å². The minimum absolute atomic E-state index is 0.0224. The molecule has 1 amide bonds. The molecule has 0 aliphatic carbocycles. The van der Waals surface area contributed by atoms with Crippen LogP contribution < -0.4 is 10.6 Å². The summed E-state index contributed by atoms with van der Waals surface area (Å²) in [6.45, 7) is 2.01. The Labute approximate surface area is 119 Å². The summed E-state index contributed by atoms with van der Waals surface area (Å²) >= 11 is 0. The Hall–Kier alpha value is -2.29. The monoisotopic (exact) mass is 266 g/mol. The summed E-state index contributed by atoms with van der Waals surface area (Å²) in [5.41, 5.74) is 3.40. The molecule has 1 heterocycles. The van der Waals surface area contributed by atoms with E-state index in [1.807, 2.05) is 55.5 Å². The first-order valence-corrected chi connectivity index (χ1v) is 6.94. The molecule has 3 nitrogen and oxygen atoms in total. The second-order valence-corrected chi connectivity index (χ2v) is 5.20. The molecule has 1 aliphatic rings. The van der Waals surface area contributed by atoms with Gasteiger partial charge in [0.05, 0.1) is 6.04 Å². The Kier molecular flexibility index (Phi) is 3.42. The number of benzene rings is 2. The van der Waals surface area contributed by atoms with Crippen LogP contribution >= 0.6 is 0 Å². The van der Waals surface area contributed by atoms with Crippen molar-refractivity contribution in [2.75, 3.05) is 5.32 Å². The zero-order valence-corrected chi connectivity index (χ0v) is 11.5. The van der Waals surface area contributed by atoms with E-state index in [0.717, 1.165) is 17.7 Å². The van der Waals surface area contributed by atoms with E-state index >= 15 is 0 Å². The summed E-state index contributed by atoms with van der Waals surface area (Å²) in [7, 11) is 0. The third-order valence-corrected chi connectivity index (χ3v) is 3.75. The normalized spacial score (nSPS) is 17.9. The fourth-order valence-electron chi connectivity index (χ4n) is 2.60. The van der Waals surface area contributed by atoms with Crippen molar-refractivity contribution in [3.8, 4) is 0 Å². The van der Waals surface area contributed by atoms with Crippen molar-refractivity contribution in [3.63, 3.8) is 0 Å². The molecule has 0 saturated carbocycles. The van der Waals surface area contributed by atoms with E-state index in [4.69, 9.17) is 0 Å². The first kappa shape index (κ1) is 12.7. The van der Waals surface area contributed by atoms with Crippen molar-refractivity contribution in [3.05, 3.63) is 65.7 Å². The van der Waals surface area contributed by atoms with Gasteiger partial charge in [0.2, 0.25) is 5.91 Å². The van der Waals surface area contributed by atoms with Crippen LogP contribution in [-0.4, -0.2) is 11.9 Å². The molecule has 0 fully saturated rings. The van der Waals surface area contributed by atoms with Gasteiger partial charge in [0.15, 0.2) is 0 Å². The summed E-state index contributed by atoms with van der Waals surface area (Å²) in [4.78, 5) is 12.3. The Morgan fingerprint density at radius 1 is 1.15 bits per heavy atom. The van der Waals surface area contributed by atoms with Gasteiger partial charge in [-0.2, -0.15) is 0 Å². The molecule has 20 heavy (non-hydrogen) atoms. The highest BCUT2D eigenvalue weighted by Crippen LogP contribution is 2.25. The van der Waals surface area contributed by atoms with Crippen molar-refractivity contribution in [2.45, 2.75) is 25.4 Å². The topological polar surface area (TPSA) is 41.1 Å². The molecule has 3 rings (SSSR count). The second-order valence-electron chi connectivity index (χ2n) is 5.20. The average Bonchev–Trinajstić information content (AvgIpc) is 2.92. The number of hydrogen-bond donors (Lipinski definition) is 2. The lowest BCUT2D eigenvalue weighted by Gasteiger charge is -2.18. The molecule has 2 aromatic rings. The molecule has 2 atom stereocenters. The maximum Gasteiger partial charge on any atom is 0.243 e. The zero-order valence-electron chi connectivity index (χ0n) is 11.5. The SMILES string of the molecule is CC(NC(=O)[C@@H]1Cc2ccccc2N1)c1ccccc1. The van der Waals surface area contributed by atoms with Gasteiger partial charge in [0, 0.05) is 12.1 Å². The fourth-order valence-corrected chi connectivity index (χ4v) is 2.60. The molecule has 1 unspecified atom stereocenters. The summed E-state index contributed by atoms with van der Waals surface area (Å²) in [6.07, 6.45) is 0.753. The number of rotatable bonds is 3.